The average Bonchev–Trinajstić information content (AvgIpc) is 2.43. The van der Waals surface area contributed by atoms with Crippen molar-refractivity contribution in [1.29, 1.82) is 5.26 Å². The van der Waals surface area contributed by atoms with E-state index in [-0.39, 0.29) is 13.2 Å². The van der Waals surface area contributed by atoms with Crippen LogP contribution in [0.1, 0.15) is 30.7 Å². The van der Waals surface area contributed by atoms with Crippen molar-refractivity contribution in [2.45, 2.75) is 32.8 Å². The molecule has 0 aliphatic carbocycles. The maximum absolute atomic E-state index is 9.58. The van der Waals surface area contributed by atoms with Gasteiger partial charge in [0, 0.05) is 13.7 Å². The average molecular weight is 264 g/mol. The minimum absolute atomic E-state index is 0.232. The number of anilines is 1. The number of nitriles is 1. The molecular weight excluding hydrogens is 244 g/mol. The van der Waals surface area contributed by atoms with E-state index in [1.54, 1.807) is 0 Å². The Morgan fingerprint density at radius 2 is 2.11 bits per heavy atom. The van der Waals surface area contributed by atoms with Crippen LogP contribution in [0.4, 0.5) is 5.82 Å². The molecular formula is C13H20N4O2. The number of ether oxygens (including phenoxy) is 1. The smallest absolute Gasteiger partial charge is 0.167 e. The van der Waals surface area contributed by atoms with Gasteiger partial charge in [-0.15, -0.1) is 5.10 Å². The highest BCUT2D eigenvalue weighted by Crippen LogP contribution is 2.19. The van der Waals surface area contributed by atoms with Gasteiger partial charge in [0.15, 0.2) is 5.82 Å². The van der Waals surface area contributed by atoms with Gasteiger partial charge in [0.1, 0.15) is 11.6 Å². The topological polar surface area (TPSA) is 91.1 Å². The number of nitrogens with one attached hydrogen (secondary N) is 1. The van der Waals surface area contributed by atoms with E-state index in [2.05, 4.69) is 21.6 Å². The maximum atomic E-state index is 9.58. The van der Waals surface area contributed by atoms with Crippen molar-refractivity contribution >= 4 is 5.82 Å². The largest absolute Gasteiger partial charge is 0.389 e. The molecule has 0 fully saturated rings. The summed E-state index contributed by atoms with van der Waals surface area (Å²) in [6.07, 6.45) is 0.836. The van der Waals surface area contributed by atoms with Gasteiger partial charge in [-0.05, 0) is 18.4 Å². The van der Waals surface area contributed by atoms with Crippen molar-refractivity contribution in [3.8, 4) is 6.07 Å². The van der Waals surface area contributed by atoms with Crippen LogP contribution in [0.15, 0.2) is 0 Å². The van der Waals surface area contributed by atoms with Gasteiger partial charge in [0.2, 0.25) is 0 Å². The van der Waals surface area contributed by atoms with Crippen molar-refractivity contribution in [2.75, 3.05) is 25.6 Å². The fraction of sp³-hybridized carbons (Fsp3) is 0.615. The molecule has 0 aromatic carbocycles. The number of aromatic nitrogens is 2. The lowest BCUT2D eigenvalue weighted by atomic mass is 10.0. The van der Waals surface area contributed by atoms with Crippen LogP contribution < -0.4 is 5.32 Å². The molecule has 19 heavy (non-hydrogen) atoms. The molecule has 1 heterocycles. The van der Waals surface area contributed by atoms with Crippen LogP contribution in [0.25, 0.3) is 0 Å². The molecule has 0 amide bonds. The Hall–Kier alpha value is -1.71. The minimum atomic E-state index is -0.644. The van der Waals surface area contributed by atoms with Gasteiger partial charge in [-0.2, -0.15) is 10.4 Å². The summed E-state index contributed by atoms with van der Waals surface area (Å²) in [6, 6.07) is 2.17. The molecule has 0 bridgehead atoms. The summed E-state index contributed by atoms with van der Waals surface area (Å²) in [4.78, 5) is 0. The Morgan fingerprint density at radius 3 is 2.63 bits per heavy atom. The van der Waals surface area contributed by atoms with Crippen molar-refractivity contribution in [1.82, 2.24) is 10.2 Å². The third kappa shape index (κ3) is 3.88. The fourth-order valence-corrected chi connectivity index (χ4v) is 1.88. The van der Waals surface area contributed by atoms with E-state index in [1.165, 1.54) is 7.11 Å². The summed E-state index contributed by atoms with van der Waals surface area (Å²) >= 11 is 0. The Kier molecular flexibility index (Phi) is 6.19. The van der Waals surface area contributed by atoms with E-state index in [0.29, 0.717) is 11.4 Å². The Bertz CT molecular complexity index is 457. The molecule has 0 saturated carbocycles. The Labute approximate surface area is 113 Å². The van der Waals surface area contributed by atoms with Gasteiger partial charge in [0.05, 0.1) is 18.4 Å². The molecule has 0 aliphatic rings. The fourth-order valence-electron chi connectivity index (χ4n) is 1.88. The number of aliphatic hydroxyl groups is 1. The van der Waals surface area contributed by atoms with Crippen LogP contribution in [-0.4, -0.2) is 41.7 Å². The predicted molar refractivity (Wildman–Crippen MR) is 71.9 cm³/mol. The van der Waals surface area contributed by atoms with Gasteiger partial charge < -0.3 is 15.2 Å². The second kappa shape index (κ2) is 7.67. The Balaban J connectivity index is 2.93. The number of methoxy groups -OCH3 is 1. The molecule has 1 atom stereocenters. The molecule has 6 heteroatoms. The zero-order valence-electron chi connectivity index (χ0n) is 11.6. The maximum Gasteiger partial charge on any atom is 0.167 e. The Morgan fingerprint density at radius 1 is 1.37 bits per heavy atom. The highest BCUT2D eigenvalue weighted by atomic mass is 16.5. The summed E-state index contributed by atoms with van der Waals surface area (Å²) in [6.45, 7) is 4.47. The summed E-state index contributed by atoms with van der Waals surface area (Å²) < 4.78 is 4.84. The molecule has 0 spiro atoms. The lowest BCUT2D eigenvalue weighted by molar-refractivity contribution is 0.0727. The zero-order valence-corrected chi connectivity index (χ0v) is 11.6. The quantitative estimate of drug-likeness (QED) is 0.760. The first kappa shape index (κ1) is 15.3. The van der Waals surface area contributed by atoms with Gasteiger partial charge in [0.25, 0.3) is 0 Å². The van der Waals surface area contributed by atoms with Crippen LogP contribution >= 0.6 is 0 Å². The molecule has 0 saturated heterocycles. The SMILES string of the molecule is CCc1nnc(NCC(O)COC)c(C#N)c1CC. The number of rotatable bonds is 7. The molecule has 1 aromatic heterocycles. The molecule has 1 unspecified atom stereocenters. The molecule has 1 aromatic rings. The molecule has 1 rings (SSSR count). The van der Waals surface area contributed by atoms with Crippen molar-refractivity contribution in [2.24, 2.45) is 0 Å². The predicted octanol–water partition coefficient (Wildman–Crippen LogP) is 0.892. The van der Waals surface area contributed by atoms with E-state index >= 15 is 0 Å². The van der Waals surface area contributed by atoms with E-state index in [9.17, 15) is 10.4 Å². The van der Waals surface area contributed by atoms with Gasteiger partial charge in [-0.1, -0.05) is 13.8 Å². The summed E-state index contributed by atoms with van der Waals surface area (Å²) in [5.41, 5.74) is 2.28. The standard InChI is InChI=1S/C13H20N4O2/c1-4-10-11(6-14)13(17-16-12(10)5-2)15-7-9(18)8-19-3/h9,18H,4-5,7-8H2,1-3H3,(H,15,17). The van der Waals surface area contributed by atoms with Crippen molar-refractivity contribution < 1.29 is 9.84 Å². The first-order valence-electron chi connectivity index (χ1n) is 6.37. The highest BCUT2D eigenvalue weighted by Gasteiger charge is 2.14. The molecule has 6 nitrogen and oxygen atoms in total. The second-order valence-electron chi connectivity index (χ2n) is 4.16. The first-order valence-corrected chi connectivity index (χ1v) is 6.37. The minimum Gasteiger partial charge on any atom is -0.389 e. The lowest BCUT2D eigenvalue weighted by Gasteiger charge is -2.14. The van der Waals surface area contributed by atoms with Crippen molar-refractivity contribution in [3.05, 3.63) is 16.8 Å². The van der Waals surface area contributed by atoms with E-state index < -0.39 is 6.10 Å². The zero-order chi connectivity index (χ0) is 14.3. The molecule has 2 N–H and O–H groups in total. The van der Waals surface area contributed by atoms with E-state index in [1.807, 2.05) is 13.8 Å². The van der Waals surface area contributed by atoms with Crippen LogP contribution in [0.5, 0.6) is 0 Å². The van der Waals surface area contributed by atoms with Gasteiger partial charge in [-0.25, -0.2) is 0 Å². The third-order valence-electron chi connectivity index (χ3n) is 2.82. The van der Waals surface area contributed by atoms with Crippen molar-refractivity contribution in [3.63, 3.8) is 0 Å². The number of nitrogens with zero attached hydrogens (tertiary/aromatic N) is 3. The van der Waals surface area contributed by atoms with Crippen LogP contribution in [0.3, 0.4) is 0 Å². The summed E-state index contributed by atoms with van der Waals surface area (Å²) in [7, 11) is 1.52. The number of aryl methyl sites for hydroxylation is 1. The van der Waals surface area contributed by atoms with E-state index in [4.69, 9.17) is 4.74 Å². The molecule has 0 radical (unpaired) electrons. The molecule has 104 valence electrons. The number of hydrogen-bond acceptors (Lipinski definition) is 6. The number of hydrogen-bond donors (Lipinski definition) is 2. The molecule has 0 aliphatic heterocycles. The second-order valence-corrected chi connectivity index (χ2v) is 4.16. The van der Waals surface area contributed by atoms with Gasteiger partial charge >= 0.3 is 0 Å². The normalized spacial score (nSPS) is 11.9. The van der Waals surface area contributed by atoms with Crippen LogP contribution in [-0.2, 0) is 17.6 Å². The summed E-state index contributed by atoms with van der Waals surface area (Å²) in [5, 5.41) is 30.0. The van der Waals surface area contributed by atoms with E-state index in [0.717, 1.165) is 24.1 Å². The highest BCUT2D eigenvalue weighted by molar-refractivity contribution is 5.56. The lowest BCUT2D eigenvalue weighted by Crippen LogP contribution is -2.25. The van der Waals surface area contributed by atoms with Crippen LogP contribution in [0, 0.1) is 11.3 Å². The first-order chi connectivity index (χ1) is 9.17. The number of aliphatic hydroxyl groups excluding tert-OH is 1. The monoisotopic (exact) mass is 264 g/mol. The van der Waals surface area contributed by atoms with Gasteiger partial charge in [-0.3, -0.25) is 0 Å². The third-order valence-corrected chi connectivity index (χ3v) is 2.82. The van der Waals surface area contributed by atoms with Crippen LogP contribution in [0.2, 0.25) is 0 Å². The summed E-state index contributed by atoms with van der Waals surface area (Å²) in [5.74, 6) is 0.423.